The number of nitrogens with zero attached hydrogens (tertiary/aromatic N) is 2. The Balaban J connectivity index is 2.35. The molecule has 0 aliphatic carbocycles. The molecular formula is C13H14F2N2O. The van der Waals surface area contributed by atoms with Gasteiger partial charge in [-0.25, -0.2) is 8.78 Å². The van der Waals surface area contributed by atoms with Gasteiger partial charge >= 0.3 is 0 Å². The lowest BCUT2D eigenvalue weighted by Crippen LogP contribution is -2.46. The normalized spacial score (nSPS) is 23.8. The largest absolute Gasteiger partial charge is 0.388 e. The summed E-state index contributed by atoms with van der Waals surface area (Å²) in [5, 5.41) is 18.6. The van der Waals surface area contributed by atoms with Gasteiger partial charge in [-0.15, -0.1) is 0 Å². The van der Waals surface area contributed by atoms with E-state index >= 15 is 0 Å². The molecule has 1 aromatic carbocycles. The number of hydrogen-bond acceptors (Lipinski definition) is 3. The fourth-order valence-corrected chi connectivity index (χ4v) is 2.30. The van der Waals surface area contributed by atoms with E-state index < -0.39 is 17.2 Å². The standard InChI is InChI=1S/C13H14F2N2O/c1-13(18)5-2-6-17(8-13)10-4-3-9(7-16)11(14)12(10)15/h3-4,18H,2,5-6,8H2,1H3. The summed E-state index contributed by atoms with van der Waals surface area (Å²) in [6, 6.07) is 4.25. The first-order valence-corrected chi connectivity index (χ1v) is 5.80. The molecular weight excluding hydrogens is 238 g/mol. The SMILES string of the molecule is CC1(O)CCCN(c2ccc(C#N)c(F)c2F)C1. The lowest BCUT2D eigenvalue weighted by atomic mass is 9.94. The Hall–Kier alpha value is -1.67. The second-order valence-electron chi connectivity index (χ2n) is 4.89. The lowest BCUT2D eigenvalue weighted by molar-refractivity contribution is 0.0447. The molecule has 1 heterocycles. The van der Waals surface area contributed by atoms with Crippen molar-refractivity contribution in [3.05, 3.63) is 29.3 Å². The Bertz CT molecular complexity index is 508. The highest BCUT2D eigenvalue weighted by atomic mass is 19.2. The van der Waals surface area contributed by atoms with Gasteiger partial charge in [-0.3, -0.25) is 0 Å². The lowest BCUT2D eigenvalue weighted by Gasteiger charge is -2.38. The molecule has 1 aromatic rings. The van der Waals surface area contributed by atoms with Crippen molar-refractivity contribution in [1.29, 1.82) is 5.26 Å². The van der Waals surface area contributed by atoms with E-state index in [2.05, 4.69) is 0 Å². The summed E-state index contributed by atoms with van der Waals surface area (Å²) in [5.74, 6) is -2.15. The van der Waals surface area contributed by atoms with E-state index in [0.29, 0.717) is 19.4 Å². The van der Waals surface area contributed by atoms with Crippen LogP contribution in [0.3, 0.4) is 0 Å². The molecule has 1 fully saturated rings. The van der Waals surface area contributed by atoms with Crippen molar-refractivity contribution in [3.8, 4) is 6.07 Å². The monoisotopic (exact) mass is 252 g/mol. The molecule has 0 bridgehead atoms. The summed E-state index contributed by atoms with van der Waals surface area (Å²) in [5.41, 5.74) is -1.10. The predicted molar refractivity (Wildman–Crippen MR) is 63.1 cm³/mol. The van der Waals surface area contributed by atoms with Crippen LogP contribution >= 0.6 is 0 Å². The number of halogens is 2. The summed E-state index contributed by atoms with van der Waals surface area (Å²) in [6.45, 7) is 2.50. The molecule has 1 unspecified atom stereocenters. The maximum Gasteiger partial charge on any atom is 0.183 e. The van der Waals surface area contributed by atoms with Crippen LogP contribution in [0.15, 0.2) is 12.1 Å². The third kappa shape index (κ3) is 2.29. The highest BCUT2D eigenvalue weighted by molar-refractivity contribution is 5.52. The molecule has 1 aliphatic rings. The highest BCUT2D eigenvalue weighted by Crippen LogP contribution is 2.29. The Labute approximate surface area is 104 Å². The average molecular weight is 252 g/mol. The van der Waals surface area contributed by atoms with Crippen molar-refractivity contribution in [1.82, 2.24) is 0 Å². The zero-order chi connectivity index (χ0) is 13.3. The van der Waals surface area contributed by atoms with Gasteiger partial charge in [-0.2, -0.15) is 5.26 Å². The maximum atomic E-state index is 13.8. The summed E-state index contributed by atoms with van der Waals surface area (Å²) >= 11 is 0. The van der Waals surface area contributed by atoms with Gasteiger partial charge in [-0.05, 0) is 31.9 Å². The minimum atomic E-state index is -1.12. The number of rotatable bonds is 1. The van der Waals surface area contributed by atoms with Gasteiger partial charge in [0.15, 0.2) is 11.6 Å². The van der Waals surface area contributed by atoms with Gasteiger partial charge in [0.25, 0.3) is 0 Å². The quantitative estimate of drug-likeness (QED) is 0.833. The second-order valence-corrected chi connectivity index (χ2v) is 4.89. The van der Waals surface area contributed by atoms with Crippen LogP contribution < -0.4 is 4.90 Å². The van der Waals surface area contributed by atoms with Gasteiger partial charge in [0.2, 0.25) is 0 Å². The molecule has 2 rings (SSSR count). The van der Waals surface area contributed by atoms with Crippen LogP contribution in [-0.4, -0.2) is 23.8 Å². The number of anilines is 1. The molecule has 1 saturated heterocycles. The molecule has 96 valence electrons. The van der Waals surface area contributed by atoms with Crippen molar-refractivity contribution < 1.29 is 13.9 Å². The first-order chi connectivity index (χ1) is 8.44. The van der Waals surface area contributed by atoms with Crippen molar-refractivity contribution >= 4 is 5.69 Å². The highest BCUT2D eigenvalue weighted by Gasteiger charge is 2.30. The Morgan fingerprint density at radius 2 is 2.11 bits per heavy atom. The zero-order valence-electron chi connectivity index (χ0n) is 10.1. The van der Waals surface area contributed by atoms with Gasteiger partial charge in [0, 0.05) is 13.1 Å². The molecule has 0 aromatic heterocycles. The minimum absolute atomic E-state index is 0.103. The van der Waals surface area contributed by atoms with Gasteiger partial charge < -0.3 is 10.0 Å². The number of aliphatic hydroxyl groups is 1. The number of benzene rings is 1. The number of β-amino-alcohol motifs (C(OH)–C–C–N with tert-alkyl or cyclic N) is 1. The molecule has 1 atom stereocenters. The predicted octanol–water partition coefficient (Wildman–Crippen LogP) is 2.19. The fraction of sp³-hybridized carbons (Fsp3) is 0.462. The molecule has 3 nitrogen and oxygen atoms in total. The van der Waals surface area contributed by atoms with Crippen LogP contribution in [0.4, 0.5) is 14.5 Å². The third-order valence-corrected chi connectivity index (χ3v) is 3.20. The third-order valence-electron chi connectivity index (χ3n) is 3.20. The zero-order valence-corrected chi connectivity index (χ0v) is 10.1. The molecule has 1 aliphatic heterocycles. The van der Waals surface area contributed by atoms with Gasteiger partial charge in [-0.1, -0.05) is 0 Å². The summed E-state index contributed by atoms with van der Waals surface area (Å²) in [4.78, 5) is 1.61. The van der Waals surface area contributed by atoms with E-state index in [-0.39, 0.29) is 17.8 Å². The van der Waals surface area contributed by atoms with E-state index in [1.54, 1.807) is 17.9 Å². The number of hydrogen-bond donors (Lipinski definition) is 1. The van der Waals surface area contributed by atoms with E-state index in [0.717, 1.165) is 0 Å². The van der Waals surface area contributed by atoms with Crippen molar-refractivity contribution in [2.24, 2.45) is 0 Å². The van der Waals surface area contributed by atoms with E-state index in [1.165, 1.54) is 12.1 Å². The molecule has 18 heavy (non-hydrogen) atoms. The number of piperidine rings is 1. The first kappa shape index (κ1) is 12.8. The van der Waals surface area contributed by atoms with Crippen LogP contribution in [0, 0.1) is 23.0 Å². The van der Waals surface area contributed by atoms with Crippen molar-refractivity contribution in [3.63, 3.8) is 0 Å². The van der Waals surface area contributed by atoms with Crippen molar-refractivity contribution in [2.45, 2.75) is 25.4 Å². The topological polar surface area (TPSA) is 47.3 Å². The Morgan fingerprint density at radius 1 is 1.39 bits per heavy atom. The average Bonchev–Trinajstić information content (AvgIpc) is 2.31. The molecule has 0 spiro atoms. The summed E-state index contributed by atoms with van der Waals surface area (Å²) in [6.07, 6.45) is 1.36. The molecule has 0 amide bonds. The molecule has 0 saturated carbocycles. The van der Waals surface area contributed by atoms with Gasteiger partial charge in [0.05, 0.1) is 16.9 Å². The van der Waals surface area contributed by atoms with E-state index in [1.807, 2.05) is 0 Å². The van der Waals surface area contributed by atoms with Crippen LogP contribution in [-0.2, 0) is 0 Å². The van der Waals surface area contributed by atoms with E-state index in [9.17, 15) is 13.9 Å². The fourth-order valence-electron chi connectivity index (χ4n) is 2.30. The maximum absolute atomic E-state index is 13.8. The van der Waals surface area contributed by atoms with Crippen LogP contribution in [0.1, 0.15) is 25.3 Å². The first-order valence-electron chi connectivity index (χ1n) is 5.80. The summed E-state index contributed by atoms with van der Waals surface area (Å²) < 4.78 is 27.4. The second kappa shape index (κ2) is 4.54. The van der Waals surface area contributed by atoms with Crippen molar-refractivity contribution in [2.75, 3.05) is 18.0 Å². The van der Waals surface area contributed by atoms with Crippen LogP contribution in [0.2, 0.25) is 0 Å². The Morgan fingerprint density at radius 3 is 2.72 bits per heavy atom. The molecule has 5 heteroatoms. The van der Waals surface area contributed by atoms with Crippen LogP contribution in [0.5, 0.6) is 0 Å². The summed E-state index contributed by atoms with van der Waals surface area (Å²) in [7, 11) is 0. The van der Waals surface area contributed by atoms with Gasteiger partial charge in [0.1, 0.15) is 6.07 Å². The minimum Gasteiger partial charge on any atom is -0.388 e. The Kier molecular flexibility index (Phi) is 3.22. The number of nitriles is 1. The molecule has 0 radical (unpaired) electrons. The van der Waals surface area contributed by atoms with Crippen LogP contribution in [0.25, 0.3) is 0 Å². The van der Waals surface area contributed by atoms with E-state index in [4.69, 9.17) is 5.26 Å². The smallest absolute Gasteiger partial charge is 0.183 e. The molecule has 1 N–H and O–H groups in total.